The number of hydrogen-bond donors (Lipinski definition) is 2. The number of nitrogens with zero attached hydrogens (tertiary/aromatic N) is 1. The van der Waals surface area contributed by atoms with E-state index < -0.39 is 42.1 Å². The maximum Gasteiger partial charge on any atom is 0.416 e. The van der Waals surface area contributed by atoms with Crippen LogP contribution >= 0.6 is 0 Å². The largest absolute Gasteiger partial charge is 0.481 e. The number of rotatable bonds is 3. The summed E-state index contributed by atoms with van der Waals surface area (Å²) in [6.07, 6.45) is -5.12. The van der Waals surface area contributed by atoms with Crippen LogP contribution < -0.4 is 10.2 Å². The molecule has 1 saturated heterocycles. The van der Waals surface area contributed by atoms with Gasteiger partial charge in [-0.3, -0.25) is 9.59 Å². The number of alkyl halides is 3. The zero-order chi connectivity index (χ0) is 15.8. The molecule has 1 atom stereocenters. The Morgan fingerprint density at radius 2 is 1.81 bits per heavy atom. The van der Waals surface area contributed by atoms with Gasteiger partial charge in [-0.15, -0.1) is 0 Å². The fourth-order valence-electron chi connectivity index (χ4n) is 1.89. The number of carbonyl (C=O) groups is 3. The van der Waals surface area contributed by atoms with Crippen molar-refractivity contribution in [3.63, 3.8) is 0 Å². The van der Waals surface area contributed by atoms with Crippen molar-refractivity contribution >= 4 is 23.6 Å². The third-order valence-electron chi connectivity index (χ3n) is 2.85. The van der Waals surface area contributed by atoms with Crippen LogP contribution in [0.4, 0.5) is 23.7 Å². The highest BCUT2D eigenvalue weighted by Gasteiger charge is 2.40. The lowest BCUT2D eigenvalue weighted by molar-refractivity contribution is -0.139. The van der Waals surface area contributed by atoms with Gasteiger partial charge in [-0.1, -0.05) is 0 Å². The third-order valence-corrected chi connectivity index (χ3v) is 2.85. The summed E-state index contributed by atoms with van der Waals surface area (Å²) in [5.74, 6) is -2.09. The molecule has 3 amide bonds. The number of urea groups is 1. The number of amides is 3. The van der Waals surface area contributed by atoms with Crippen molar-refractivity contribution in [3.8, 4) is 0 Å². The molecule has 1 aliphatic rings. The molecule has 112 valence electrons. The predicted octanol–water partition coefficient (Wildman–Crippen LogP) is 1.60. The summed E-state index contributed by atoms with van der Waals surface area (Å²) in [7, 11) is 0. The zero-order valence-corrected chi connectivity index (χ0v) is 10.3. The summed E-state index contributed by atoms with van der Waals surface area (Å²) in [5, 5.41) is 10.8. The van der Waals surface area contributed by atoms with Gasteiger partial charge in [-0.05, 0) is 24.3 Å². The lowest BCUT2D eigenvalue weighted by Gasteiger charge is -2.14. The van der Waals surface area contributed by atoms with Crippen LogP contribution in [0.2, 0.25) is 0 Å². The second-order valence-corrected chi connectivity index (χ2v) is 4.32. The highest BCUT2D eigenvalue weighted by atomic mass is 19.4. The van der Waals surface area contributed by atoms with Crippen molar-refractivity contribution in [1.82, 2.24) is 5.32 Å². The first-order valence-electron chi connectivity index (χ1n) is 5.73. The fraction of sp³-hybridized carbons (Fsp3) is 0.250. The summed E-state index contributed by atoms with van der Waals surface area (Å²) >= 11 is 0. The summed E-state index contributed by atoms with van der Waals surface area (Å²) in [6, 6.07) is 1.33. The minimum absolute atomic E-state index is 0.0570. The first-order valence-corrected chi connectivity index (χ1v) is 5.73. The summed E-state index contributed by atoms with van der Waals surface area (Å²) in [5.41, 5.74) is -0.973. The van der Waals surface area contributed by atoms with E-state index in [1.807, 2.05) is 0 Å². The fourth-order valence-corrected chi connectivity index (χ4v) is 1.89. The van der Waals surface area contributed by atoms with Gasteiger partial charge in [0.05, 0.1) is 17.7 Å². The SMILES string of the molecule is O=C(O)CC1NC(=O)N(c2ccc(C(F)(F)F)cc2)C1=O. The highest BCUT2D eigenvalue weighted by Crippen LogP contribution is 2.31. The average Bonchev–Trinajstić information content (AvgIpc) is 2.63. The van der Waals surface area contributed by atoms with Gasteiger partial charge in [0.15, 0.2) is 0 Å². The van der Waals surface area contributed by atoms with Gasteiger partial charge >= 0.3 is 18.2 Å². The van der Waals surface area contributed by atoms with E-state index in [-0.39, 0.29) is 5.69 Å². The molecule has 6 nitrogen and oxygen atoms in total. The minimum Gasteiger partial charge on any atom is -0.481 e. The van der Waals surface area contributed by atoms with Crippen LogP contribution in [-0.4, -0.2) is 29.1 Å². The van der Waals surface area contributed by atoms with E-state index >= 15 is 0 Å². The molecule has 1 heterocycles. The zero-order valence-electron chi connectivity index (χ0n) is 10.3. The van der Waals surface area contributed by atoms with Gasteiger partial charge in [-0.25, -0.2) is 9.69 Å². The molecule has 1 aromatic carbocycles. The van der Waals surface area contributed by atoms with E-state index in [1.54, 1.807) is 0 Å². The van der Waals surface area contributed by atoms with Crippen LogP contribution in [0.3, 0.4) is 0 Å². The van der Waals surface area contributed by atoms with Crippen molar-refractivity contribution in [1.29, 1.82) is 0 Å². The molecule has 0 bridgehead atoms. The Morgan fingerprint density at radius 1 is 1.24 bits per heavy atom. The molecule has 1 unspecified atom stereocenters. The lowest BCUT2D eigenvalue weighted by Crippen LogP contribution is -2.32. The summed E-state index contributed by atoms with van der Waals surface area (Å²) < 4.78 is 37.3. The smallest absolute Gasteiger partial charge is 0.416 e. The Balaban J connectivity index is 2.24. The van der Waals surface area contributed by atoms with Crippen molar-refractivity contribution in [3.05, 3.63) is 29.8 Å². The molecule has 21 heavy (non-hydrogen) atoms. The number of anilines is 1. The molecule has 1 fully saturated rings. The molecular formula is C12H9F3N2O4. The number of nitrogens with one attached hydrogen (secondary N) is 1. The number of hydrogen-bond acceptors (Lipinski definition) is 3. The molecule has 0 aromatic heterocycles. The predicted molar refractivity (Wildman–Crippen MR) is 63.5 cm³/mol. The van der Waals surface area contributed by atoms with E-state index in [2.05, 4.69) is 5.32 Å². The average molecular weight is 302 g/mol. The minimum atomic E-state index is -4.53. The second kappa shape index (κ2) is 5.08. The van der Waals surface area contributed by atoms with Gasteiger partial charge in [-0.2, -0.15) is 13.2 Å². The topological polar surface area (TPSA) is 86.7 Å². The number of carbonyl (C=O) groups excluding carboxylic acids is 2. The monoisotopic (exact) mass is 302 g/mol. The van der Waals surface area contributed by atoms with Gasteiger partial charge < -0.3 is 10.4 Å². The van der Waals surface area contributed by atoms with Crippen molar-refractivity contribution in [2.24, 2.45) is 0 Å². The molecule has 0 saturated carbocycles. The van der Waals surface area contributed by atoms with Crippen LogP contribution in [0.5, 0.6) is 0 Å². The normalized spacial score (nSPS) is 18.8. The number of imide groups is 1. The molecule has 9 heteroatoms. The van der Waals surface area contributed by atoms with Crippen molar-refractivity contribution in [2.75, 3.05) is 4.90 Å². The Morgan fingerprint density at radius 3 is 2.29 bits per heavy atom. The molecule has 0 spiro atoms. The van der Waals surface area contributed by atoms with E-state index in [4.69, 9.17) is 5.11 Å². The van der Waals surface area contributed by atoms with E-state index in [0.29, 0.717) is 4.90 Å². The Labute approximate surface area is 116 Å². The first-order chi connectivity index (χ1) is 9.70. The number of benzene rings is 1. The molecule has 0 radical (unpaired) electrons. The Kier molecular flexibility index (Phi) is 3.58. The molecule has 1 aromatic rings. The van der Waals surface area contributed by atoms with E-state index in [1.165, 1.54) is 0 Å². The van der Waals surface area contributed by atoms with Gasteiger partial charge in [0.25, 0.3) is 5.91 Å². The van der Waals surface area contributed by atoms with Crippen molar-refractivity contribution in [2.45, 2.75) is 18.6 Å². The van der Waals surface area contributed by atoms with E-state index in [0.717, 1.165) is 24.3 Å². The van der Waals surface area contributed by atoms with Crippen LogP contribution in [0.15, 0.2) is 24.3 Å². The van der Waals surface area contributed by atoms with Crippen molar-refractivity contribution < 1.29 is 32.7 Å². The number of carboxylic acid groups (broad SMARTS) is 1. The number of aliphatic carboxylic acids is 1. The summed E-state index contributed by atoms with van der Waals surface area (Å²) in [4.78, 5) is 34.7. The molecule has 1 aliphatic heterocycles. The number of halogens is 3. The lowest BCUT2D eigenvalue weighted by atomic mass is 10.1. The second-order valence-electron chi connectivity index (χ2n) is 4.32. The van der Waals surface area contributed by atoms with Gasteiger partial charge in [0, 0.05) is 0 Å². The number of carboxylic acids is 1. The maximum absolute atomic E-state index is 12.4. The van der Waals surface area contributed by atoms with Crippen LogP contribution in [0.25, 0.3) is 0 Å². The maximum atomic E-state index is 12.4. The highest BCUT2D eigenvalue weighted by molar-refractivity contribution is 6.21. The molecule has 2 N–H and O–H groups in total. The molecule has 0 aliphatic carbocycles. The van der Waals surface area contributed by atoms with Crippen LogP contribution in [0, 0.1) is 0 Å². The van der Waals surface area contributed by atoms with Gasteiger partial charge in [0.2, 0.25) is 0 Å². The molecule has 2 rings (SSSR count). The molecular weight excluding hydrogens is 293 g/mol. The Hall–Kier alpha value is -2.58. The standard InChI is InChI=1S/C12H9F3N2O4/c13-12(14,15)6-1-3-7(4-2-6)17-10(20)8(5-9(18)19)16-11(17)21/h1-4,8H,5H2,(H,16,21)(H,18,19). The van der Waals surface area contributed by atoms with Crippen LogP contribution in [0.1, 0.15) is 12.0 Å². The van der Waals surface area contributed by atoms with Gasteiger partial charge in [0.1, 0.15) is 6.04 Å². The Bertz CT molecular complexity index is 598. The van der Waals surface area contributed by atoms with Crippen LogP contribution in [-0.2, 0) is 15.8 Å². The first kappa shape index (κ1) is 14.8. The summed E-state index contributed by atoms with van der Waals surface area (Å²) in [6.45, 7) is 0. The quantitative estimate of drug-likeness (QED) is 0.830. The van der Waals surface area contributed by atoms with E-state index in [9.17, 15) is 27.6 Å². The third kappa shape index (κ3) is 2.96.